The number of rotatable bonds is 4. The number of anilines is 1. The van der Waals surface area contributed by atoms with Gasteiger partial charge in [0.25, 0.3) is 0 Å². The lowest BCUT2D eigenvalue weighted by Crippen LogP contribution is -1.98. The Morgan fingerprint density at radius 1 is 1.15 bits per heavy atom. The largest absolute Gasteiger partial charge is 0.478 e. The minimum Gasteiger partial charge on any atom is -0.478 e. The van der Waals surface area contributed by atoms with Crippen molar-refractivity contribution in [1.29, 1.82) is 0 Å². The van der Waals surface area contributed by atoms with Gasteiger partial charge in [0, 0.05) is 16.3 Å². The Balaban J connectivity index is 2.12. The molecule has 0 amide bonds. The van der Waals surface area contributed by atoms with E-state index in [0.717, 1.165) is 10.6 Å². The van der Waals surface area contributed by atoms with Crippen molar-refractivity contribution in [3.63, 3.8) is 0 Å². The predicted molar refractivity (Wildman–Crippen MR) is 83.3 cm³/mol. The minimum atomic E-state index is -0.956. The second-order valence-electron chi connectivity index (χ2n) is 4.84. The molecule has 0 spiro atoms. The maximum atomic E-state index is 10.9. The first-order valence-electron chi connectivity index (χ1n) is 6.28. The number of carbonyl (C=O) groups is 1. The minimum absolute atomic E-state index is 0.221. The fraction of sp³-hybridized carbons (Fsp3) is 0.188. The van der Waals surface area contributed by atoms with Crippen molar-refractivity contribution in [2.24, 2.45) is 0 Å². The van der Waals surface area contributed by atoms with E-state index in [2.05, 4.69) is 32.0 Å². The number of benzene rings is 2. The Kier molecular flexibility index (Phi) is 4.35. The van der Waals surface area contributed by atoms with Crippen molar-refractivity contribution in [3.05, 3.63) is 58.7 Å². The number of aromatic carboxylic acids is 1. The highest BCUT2D eigenvalue weighted by atomic mass is 32.2. The first kappa shape index (κ1) is 14.5. The molecule has 4 heteroatoms. The van der Waals surface area contributed by atoms with Crippen molar-refractivity contribution >= 4 is 23.4 Å². The highest BCUT2D eigenvalue weighted by Crippen LogP contribution is 2.29. The lowest BCUT2D eigenvalue weighted by molar-refractivity contribution is 0.0697. The molecule has 0 aliphatic carbocycles. The molecule has 0 radical (unpaired) electrons. The lowest BCUT2D eigenvalue weighted by Gasteiger charge is -2.08. The van der Waals surface area contributed by atoms with E-state index in [0.29, 0.717) is 5.69 Å². The average molecular weight is 287 g/mol. The van der Waals surface area contributed by atoms with Crippen LogP contribution in [0.1, 0.15) is 27.0 Å². The molecule has 0 aromatic heterocycles. The van der Waals surface area contributed by atoms with Gasteiger partial charge in [0.2, 0.25) is 0 Å². The molecule has 0 aliphatic heterocycles. The third kappa shape index (κ3) is 3.54. The zero-order valence-corrected chi connectivity index (χ0v) is 12.3. The molecule has 0 atom stereocenters. The summed E-state index contributed by atoms with van der Waals surface area (Å²) in [5.74, 6) is -0.137. The zero-order valence-electron chi connectivity index (χ0n) is 11.5. The fourth-order valence-corrected chi connectivity index (χ4v) is 3.01. The highest BCUT2D eigenvalue weighted by Gasteiger charge is 2.07. The van der Waals surface area contributed by atoms with Gasteiger partial charge in [0.1, 0.15) is 0 Å². The molecule has 2 rings (SSSR count). The fourth-order valence-electron chi connectivity index (χ4n) is 2.13. The number of hydrogen-bond acceptors (Lipinski definition) is 3. The summed E-state index contributed by atoms with van der Waals surface area (Å²) in [6.45, 7) is 4.16. The maximum Gasteiger partial charge on any atom is 0.335 e. The number of nitrogens with two attached hydrogens (primary N) is 1. The standard InChI is InChI=1S/C16H17NO2S/c1-10-5-11(2)7-12(6-10)9-20-15-4-3-13(16(18)19)8-14(15)17/h3-8H,9,17H2,1-2H3,(H,18,19). The van der Waals surface area contributed by atoms with Gasteiger partial charge in [-0.1, -0.05) is 29.3 Å². The third-order valence-corrected chi connectivity index (χ3v) is 4.09. The summed E-state index contributed by atoms with van der Waals surface area (Å²) in [4.78, 5) is 11.8. The number of nitrogen functional groups attached to an aromatic ring is 1. The van der Waals surface area contributed by atoms with Crippen molar-refractivity contribution < 1.29 is 9.90 Å². The van der Waals surface area contributed by atoms with Gasteiger partial charge in [-0.05, 0) is 37.6 Å². The molecule has 2 aromatic rings. The summed E-state index contributed by atoms with van der Waals surface area (Å²) >= 11 is 1.62. The van der Waals surface area contributed by atoms with Gasteiger partial charge >= 0.3 is 5.97 Å². The topological polar surface area (TPSA) is 63.3 Å². The molecule has 0 saturated heterocycles. The van der Waals surface area contributed by atoms with Crippen LogP contribution in [0.4, 0.5) is 5.69 Å². The molecule has 0 heterocycles. The van der Waals surface area contributed by atoms with E-state index in [9.17, 15) is 4.79 Å². The van der Waals surface area contributed by atoms with Gasteiger partial charge in [-0.3, -0.25) is 0 Å². The molecule has 0 bridgehead atoms. The van der Waals surface area contributed by atoms with E-state index in [1.807, 2.05) is 0 Å². The van der Waals surface area contributed by atoms with E-state index in [1.165, 1.54) is 22.8 Å². The second kappa shape index (κ2) is 6.01. The van der Waals surface area contributed by atoms with E-state index in [4.69, 9.17) is 10.8 Å². The lowest BCUT2D eigenvalue weighted by atomic mass is 10.1. The van der Waals surface area contributed by atoms with Crippen LogP contribution in [0, 0.1) is 13.8 Å². The molecule has 0 unspecified atom stereocenters. The Hall–Kier alpha value is -1.94. The SMILES string of the molecule is Cc1cc(C)cc(CSc2ccc(C(=O)O)cc2N)c1. The molecule has 3 nitrogen and oxygen atoms in total. The van der Waals surface area contributed by atoms with E-state index < -0.39 is 5.97 Å². The van der Waals surface area contributed by atoms with Crippen LogP contribution in [0.5, 0.6) is 0 Å². The molecular weight excluding hydrogens is 270 g/mol. The average Bonchev–Trinajstić information content (AvgIpc) is 2.36. The maximum absolute atomic E-state index is 10.9. The zero-order chi connectivity index (χ0) is 14.7. The molecular formula is C16H17NO2S. The van der Waals surface area contributed by atoms with Gasteiger partial charge in [-0.25, -0.2) is 4.79 Å². The van der Waals surface area contributed by atoms with Crippen molar-refractivity contribution in [2.75, 3.05) is 5.73 Å². The predicted octanol–water partition coefficient (Wildman–Crippen LogP) is 3.88. The quantitative estimate of drug-likeness (QED) is 0.661. The van der Waals surface area contributed by atoms with Crippen molar-refractivity contribution in [1.82, 2.24) is 0 Å². The van der Waals surface area contributed by atoms with Crippen molar-refractivity contribution in [3.8, 4) is 0 Å². The van der Waals surface area contributed by atoms with Gasteiger partial charge < -0.3 is 10.8 Å². The summed E-state index contributed by atoms with van der Waals surface area (Å²) in [6, 6.07) is 11.3. The molecule has 0 fully saturated rings. The van der Waals surface area contributed by atoms with Crippen LogP contribution in [-0.4, -0.2) is 11.1 Å². The van der Waals surface area contributed by atoms with Crippen LogP contribution in [0.2, 0.25) is 0 Å². The van der Waals surface area contributed by atoms with Crippen LogP contribution in [0.3, 0.4) is 0 Å². The van der Waals surface area contributed by atoms with E-state index in [-0.39, 0.29) is 5.56 Å². The van der Waals surface area contributed by atoms with Crippen LogP contribution < -0.4 is 5.73 Å². The first-order valence-corrected chi connectivity index (χ1v) is 7.27. The summed E-state index contributed by atoms with van der Waals surface area (Å²) in [5, 5.41) is 8.91. The van der Waals surface area contributed by atoms with Crippen LogP contribution in [0.25, 0.3) is 0 Å². The van der Waals surface area contributed by atoms with Crippen LogP contribution in [0.15, 0.2) is 41.3 Å². The second-order valence-corrected chi connectivity index (χ2v) is 5.86. The molecule has 0 saturated carbocycles. The number of carboxylic acid groups (broad SMARTS) is 1. The van der Waals surface area contributed by atoms with Gasteiger partial charge in [-0.2, -0.15) is 0 Å². The third-order valence-electron chi connectivity index (χ3n) is 2.93. The monoisotopic (exact) mass is 287 g/mol. The Labute approximate surface area is 122 Å². The number of thioether (sulfide) groups is 1. The van der Waals surface area contributed by atoms with Crippen molar-refractivity contribution in [2.45, 2.75) is 24.5 Å². The van der Waals surface area contributed by atoms with Gasteiger partial charge in [0.15, 0.2) is 0 Å². The summed E-state index contributed by atoms with van der Waals surface area (Å²) < 4.78 is 0. The molecule has 2 aromatic carbocycles. The summed E-state index contributed by atoms with van der Waals surface area (Å²) in [6.07, 6.45) is 0. The molecule has 3 N–H and O–H groups in total. The number of aryl methyl sites for hydroxylation is 2. The molecule has 0 aliphatic rings. The number of hydrogen-bond donors (Lipinski definition) is 2. The van der Waals surface area contributed by atoms with Crippen LogP contribution in [-0.2, 0) is 5.75 Å². The first-order chi connectivity index (χ1) is 9.45. The van der Waals surface area contributed by atoms with Gasteiger partial charge in [-0.15, -0.1) is 11.8 Å². The molecule has 104 valence electrons. The van der Waals surface area contributed by atoms with Gasteiger partial charge in [0.05, 0.1) is 5.56 Å². The van der Waals surface area contributed by atoms with Crippen LogP contribution >= 0.6 is 11.8 Å². The Morgan fingerprint density at radius 3 is 2.35 bits per heavy atom. The number of carboxylic acids is 1. The van der Waals surface area contributed by atoms with E-state index in [1.54, 1.807) is 23.9 Å². The summed E-state index contributed by atoms with van der Waals surface area (Å²) in [5.41, 5.74) is 10.4. The Morgan fingerprint density at radius 2 is 1.80 bits per heavy atom. The smallest absolute Gasteiger partial charge is 0.335 e. The molecule has 20 heavy (non-hydrogen) atoms. The summed E-state index contributed by atoms with van der Waals surface area (Å²) in [7, 11) is 0. The van der Waals surface area contributed by atoms with E-state index >= 15 is 0 Å². The highest BCUT2D eigenvalue weighted by molar-refractivity contribution is 7.98. The Bertz CT molecular complexity index is 633. The normalized spacial score (nSPS) is 10.5.